The van der Waals surface area contributed by atoms with Gasteiger partial charge in [-0.25, -0.2) is 4.98 Å². The molecule has 0 spiro atoms. The molecule has 2 aliphatic carbocycles. The number of hydrogen-bond donors (Lipinski definition) is 0. The Kier molecular flexibility index (Phi) is 5.92. The largest absolute Gasteiger partial charge is 0.309 e. The highest BCUT2D eigenvalue weighted by atomic mass is 15.1. The summed E-state index contributed by atoms with van der Waals surface area (Å²) in [5.41, 5.74) is 14.9. The molecule has 11 rings (SSSR count). The van der Waals surface area contributed by atoms with Gasteiger partial charge in [-0.3, -0.25) is 4.57 Å². The average molecular weight is 668 g/mol. The molecule has 0 aliphatic heterocycles. The minimum Gasteiger partial charge on any atom is -0.309 e. The fourth-order valence-corrected chi connectivity index (χ4v) is 9.64. The molecule has 7 aromatic carbocycles. The zero-order valence-electron chi connectivity index (χ0n) is 29.6. The van der Waals surface area contributed by atoms with Crippen molar-refractivity contribution in [3.8, 4) is 28.2 Å². The van der Waals surface area contributed by atoms with Crippen LogP contribution in [0, 0.1) is 5.41 Å². The van der Waals surface area contributed by atoms with Gasteiger partial charge in [-0.05, 0) is 87.5 Å². The zero-order chi connectivity index (χ0) is 34.8. The Hall–Kier alpha value is -6.19. The van der Waals surface area contributed by atoms with E-state index in [1.807, 2.05) is 0 Å². The molecule has 2 heterocycles. The molecule has 248 valence electrons. The second kappa shape index (κ2) is 10.4. The van der Waals surface area contributed by atoms with Crippen molar-refractivity contribution in [2.75, 3.05) is 0 Å². The van der Waals surface area contributed by atoms with Gasteiger partial charge >= 0.3 is 0 Å². The van der Waals surface area contributed by atoms with Gasteiger partial charge in [0.2, 0.25) is 0 Å². The lowest BCUT2D eigenvalue weighted by atomic mass is 9.62. The summed E-state index contributed by atoms with van der Waals surface area (Å²) in [5.74, 6) is 0.986. The van der Waals surface area contributed by atoms with Crippen LogP contribution in [0.4, 0.5) is 0 Å². The van der Waals surface area contributed by atoms with Gasteiger partial charge in [-0.2, -0.15) is 0 Å². The van der Waals surface area contributed by atoms with Crippen LogP contribution in [0.15, 0.2) is 158 Å². The molecule has 3 heteroatoms. The lowest BCUT2D eigenvalue weighted by Crippen LogP contribution is -2.36. The van der Waals surface area contributed by atoms with Crippen LogP contribution < -0.4 is 0 Å². The van der Waals surface area contributed by atoms with Crippen LogP contribution >= 0.6 is 0 Å². The van der Waals surface area contributed by atoms with E-state index < -0.39 is 0 Å². The summed E-state index contributed by atoms with van der Waals surface area (Å²) in [7, 11) is 0. The Balaban J connectivity index is 1.04. The molecule has 2 aromatic heterocycles. The fraction of sp³-hybridized carbons (Fsp3) is 0.122. The second-order valence-electron chi connectivity index (χ2n) is 15.4. The SMILES string of the molecule is CC12CC(n3c(-c4ccc(-c5ccc6c7c5ccc5cccc(c57)n6-c5ccccc5)cc4)nc4ccccc43)=CC=C1c1ccccc1C2(C)C. The highest BCUT2D eigenvalue weighted by molar-refractivity contribution is 6.26. The van der Waals surface area contributed by atoms with Crippen LogP contribution in [-0.4, -0.2) is 14.1 Å². The van der Waals surface area contributed by atoms with Crippen LogP contribution in [0.2, 0.25) is 0 Å². The van der Waals surface area contributed by atoms with Crippen molar-refractivity contribution in [2.45, 2.75) is 32.6 Å². The lowest BCUT2D eigenvalue weighted by Gasteiger charge is -2.42. The maximum atomic E-state index is 5.28. The molecule has 2 aliphatic rings. The third-order valence-electron chi connectivity index (χ3n) is 12.6. The standard InChI is InChI=1S/C49H37N3/c1-48(2)39-16-8-7-15-38(39)40-28-25-35(30-49(40,48)3)52-42-18-10-9-17-41(42)50-47(52)33-22-20-31(21-23-33)36-27-29-44-46-37(36)26-24-32-12-11-19-43(45(32)46)51(44)34-13-5-4-6-14-34/h4-29H,30H2,1-3H3. The third-order valence-corrected chi connectivity index (χ3v) is 12.6. The van der Waals surface area contributed by atoms with Gasteiger partial charge in [0.25, 0.3) is 0 Å². The summed E-state index contributed by atoms with van der Waals surface area (Å²) in [5, 5.41) is 5.20. The average Bonchev–Trinajstić information content (AvgIpc) is 3.79. The van der Waals surface area contributed by atoms with Crippen LogP contribution in [0.5, 0.6) is 0 Å². The summed E-state index contributed by atoms with van der Waals surface area (Å²) in [6.07, 6.45) is 5.65. The van der Waals surface area contributed by atoms with E-state index in [0.717, 1.165) is 28.8 Å². The molecule has 0 radical (unpaired) electrons. The van der Waals surface area contributed by atoms with Gasteiger partial charge in [0, 0.05) is 38.6 Å². The lowest BCUT2D eigenvalue weighted by molar-refractivity contribution is 0.273. The fourth-order valence-electron chi connectivity index (χ4n) is 9.64. The van der Waals surface area contributed by atoms with Gasteiger partial charge < -0.3 is 4.57 Å². The second-order valence-corrected chi connectivity index (χ2v) is 15.4. The Morgan fingerprint density at radius 2 is 1.27 bits per heavy atom. The normalized spacial score (nSPS) is 17.9. The van der Waals surface area contributed by atoms with Crippen LogP contribution in [0.1, 0.15) is 38.3 Å². The first-order valence-corrected chi connectivity index (χ1v) is 18.4. The molecule has 9 aromatic rings. The van der Waals surface area contributed by atoms with E-state index in [1.165, 1.54) is 71.8 Å². The maximum Gasteiger partial charge on any atom is 0.145 e. The first-order chi connectivity index (χ1) is 25.4. The Bertz CT molecular complexity index is 2950. The number of benzene rings is 7. The minimum absolute atomic E-state index is 0.00285. The topological polar surface area (TPSA) is 22.8 Å². The van der Waals surface area contributed by atoms with Crippen molar-refractivity contribution < 1.29 is 0 Å². The molecule has 0 N–H and O–H groups in total. The number of nitrogens with zero attached hydrogens (tertiary/aromatic N) is 3. The predicted octanol–water partition coefficient (Wildman–Crippen LogP) is 12.7. The highest BCUT2D eigenvalue weighted by Crippen LogP contribution is 2.62. The molecular formula is C49H37N3. The van der Waals surface area contributed by atoms with Crippen LogP contribution in [0.3, 0.4) is 0 Å². The molecular weight excluding hydrogens is 631 g/mol. The molecule has 52 heavy (non-hydrogen) atoms. The summed E-state index contributed by atoms with van der Waals surface area (Å²) >= 11 is 0. The quantitative estimate of drug-likeness (QED) is 0.171. The van der Waals surface area contributed by atoms with E-state index in [9.17, 15) is 0 Å². The first kappa shape index (κ1) is 29.5. The molecule has 3 nitrogen and oxygen atoms in total. The number of para-hydroxylation sites is 3. The van der Waals surface area contributed by atoms with Crippen molar-refractivity contribution in [3.63, 3.8) is 0 Å². The number of allylic oxidation sites excluding steroid dienone is 4. The van der Waals surface area contributed by atoms with Crippen LogP contribution in [-0.2, 0) is 5.41 Å². The highest BCUT2D eigenvalue weighted by Gasteiger charge is 2.53. The number of fused-ring (bicyclic) bond motifs is 4. The van der Waals surface area contributed by atoms with Crippen molar-refractivity contribution in [3.05, 3.63) is 169 Å². The van der Waals surface area contributed by atoms with Crippen molar-refractivity contribution in [1.82, 2.24) is 14.1 Å². The van der Waals surface area contributed by atoms with Crippen molar-refractivity contribution >= 4 is 54.9 Å². The number of aromatic nitrogens is 3. The monoisotopic (exact) mass is 667 g/mol. The summed E-state index contributed by atoms with van der Waals surface area (Å²) in [6, 6.07) is 53.2. The van der Waals surface area contributed by atoms with E-state index in [-0.39, 0.29) is 10.8 Å². The van der Waals surface area contributed by atoms with Gasteiger partial charge in [-0.15, -0.1) is 0 Å². The van der Waals surface area contributed by atoms with E-state index in [1.54, 1.807) is 0 Å². The molecule has 0 saturated carbocycles. The molecule has 1 atom stereocenters. The van der Waals surface area contributed by atoms with E-state index in [0.29, 0.717) is 0 Å². The molecule has 1 unspecified atom stereocenters. The van der Waals surface area contributed by atoms with Gasteiger partial charge in [-0.1, -0.05) is 136 Å². The summed E-state index contributed by atoms with van der Waals surface area (Å²) < 4.78 is 4.83. The third kappa shape index (κ3) is 3.83. The van der Waals surface area contributed by atoms with Crippen molar-refractivity contribution in [2.24, 2.45) is 5.41 Å². The van der Waals surface area contributed by atoms with Gasteiger partial charge in [0.05, 0.1) is 22.1 Å². The number of hydrogen-bond acceptors (Lipinski definition) is 1. The van der Waals surface area contributed by atoms with Gasteiger partial charge in [0.15, 0.2) is 0 Å². The summed E-state index contributed by atoms with van der Waals surface area (Å²) in [4.78, 5) is 5.28. The van der Waals surface area contributed by atoms with Crippen LogP contribution in [0.25, 0.3) is 83.1 Å². The summed E-state index contributed by atoms with van der Waals surface area (Å²) in [6.45, 7) is 7.29. The Morgan fingerprint density at radius 1 is 0.538 bits per heavy atom. The zero-order valence-corrected chi connectivity index (χ0v) is 29.6. The molecule has 0 bridgehead atoms. The molecule has 0 amide bonds. The Labute approximate surface area is 303 Å². The molecule has 0 fully saturated rings. The maximum absolute atomic E-state index is 5.28. The predicted molar refractivity (Wildman–Crippen MR) is 218 cm³/mol. The van der Waals surface area contributed by atoms with E-state index >= 15 is 0 Å². The Morgan fingerprint density at radius 3 is 2.13 bits per heavy atom. The van der Waals surface area contributed by atoms with Crippen molar-refractivity contribution in [1.29, 1.82) is 0 Å². The minimum atomic E-state index is -0.0374. The number of imidazole rings is 1. The molecule has 0 saturated heterocycles. The van der Waals surface area contributed by atoms with E-state index in [4.69, 9.17) is 4.98 Å². The van der Waals surface area contributed by atoms with Gasteiger partial charge in [0.1, 0.15) is 5.82 Å². The van der Waals surface area contributed by atoms with E-state index in [2.05, 4.69) is 188 Å². The number of rotatable bonds is 4. The smallest absolute Gasteiger partial charge is 0.145 e. The first-order valence-electron chi connectivity index (χ1n) is 18.4.